The van der Waals surface area contributed by atoms with Crippen molar-refractivity contribution >= 4 is 32.8 Å². The van der Waals surface area contributed by atoms with Crippen LogP contribution in [0.4, 0.5) is 10.1 Å². The number of hydrogen-bond donors (Lipinski definition) is 2. The minimum atomic E-state index is -3.85. The second kappa shape index (κ2) is 12.3. The van der Waals surface area contributed by atoms with Gasteiger partial charge in [-0.1, -0.05) is 55.5 Å². The largest absolute Gasteiger partial charge is 0.320 e. The first-order chi connectivity index (χ1) is 20.9. The van der Waals surface area contributed by atoms with Gasteiger partial charge in [0.1, 0.15) is 17.2 Å². The summed E-state index contributed by atoms with van der Waals surface area (Å²) in [6.07, 6.45) is 3.09. The molecule has 2 heterocycles. The molecule has 2 N–H and O–H groups in total. The molecule has 0 bridgehead atoms. The van der Waals surface area contributed by atoms with Gasteiger partial charge in [-0.25, -0.2) is 27.5 Å². The monoisotopic (exact) mass is 613 g/mol. The van der Waals surface area contributed by atoms with Gasteiger partial charge in [-0.2, -0.15) is 0 Å². The number of anilines is 1. The molecule has 0 unspecified atom stereocenters. The molecule has 0 aliphatic carbocycles. The van der Waals surface area contributed by atoms with Gasteiger partial charge in [-0.15, -0.1) is 0 Å². The lowest BCUT2D eigenvalue weighted by Crippen LogP contribution is -2.40. The van der Waals surface area contributed by atoms with E-state index in [-0.39, 0.29) is 17.3 Å². The van der Waals surface area contributed by atoms with Gasteiger partial charge in [0.2, 0.25) is 10.0 Å². The molecule has 10 heteroatoms. The Morgan fingerprint density at radius 2 is 1.70 bits per heavy atom. The van der Waals surface area contributed by atoms with Gasteiger partial charge in [0.15, 0.2) is 5.65 Å². The SMILES string of the molecule is CCCc1nc2c(C)c(NC(=O)c3ccccc3)cnc2n1Cc1ccc(-c2ccccc2S(=O)(=O)NC(C)(C)C)cc1F. The molecule has 1 amide bonds. The molecular weight excluding hydrogens is 577 g/mol. The van der Waals surface area contributed by atoms with E-state index in [0.717, 1.165) is 17.8 Å². The Morgan fingerprint density at radius 1 is 1.00 bits per heavy atom. The molecule has 228 valence electrons. The predicted octanol–water partition coefficient (Wildman–Crippen LogP) is 6.88. The number of nitrogens with one attached hydrogen (secondary N) is 2. The normalized spacial score (nSPS) is 12.0. The Bertz CT molecular complexity index is 1950. The van der Waals surface area contributed by atoms with Gasteiger partial charge in [0, 0.05) is 34.2 Å². The average molecular weight is 614 g/mol. The molecule has 0 atom stereocenters. The van der Waals surface area contributed by atoms with Gasteiger partial charge in [-0.05, 0) is 63.9 Å². The van der Waals surface area contributed by atoms with Gasteiger partial charge < -0.3 is 9.88 Å². The van der Waals surface area contributed by atoms with Crippen LogP contribution in [0.15, 0.2) is 83.9 Å². The maximum atomic E-state index is 15.7. The number of benzene rings is 3. The third-order valence-electron chi connectivity index (χ3n) is 7.16. The van der Waals surface area contributed by atoms with Crippen molar-refractivity contribution in [3.05, 3.63) is 107 Å². The fraction of sp³-hybridized carbons (Fsp3) is 0.265. The Kier molecular flexibility index (Phi) is 8.67. The minimum absolute atomic E-state index is 0.0859. The number of halogens is 1. The van der Waals surface area contributed by atoms with E-state index >= 15 is 4.39 Å². The minimum Gasteiger partial charge on any atom is -0.320 e. The molecule has 0 spiro atoms. The molecule has 0 aliphatic heterocycles. The average Bonchev–Trinajstić information content (AvgIpc) is 3.32. The van der Waals surface area contributed by atoms with Crippen LogP contribution >= 0.6 is 0 Å². The summed E-state index contributed by atoms with van der Waals surface area (Å²) in [5.74, 6) is 0.0536. The number of aromatic nitrogens is 3. The van der Waals surface area contributed by atoms with Crippen molar-refractivity contribution in [1.82, 2.24) is 19.3 Å². The Hall–Kier alpha value is -4.41. The van der Waals surface area contributed by atoms with Crippen LogP contribution in [0.2, 0.25) is 0 Å². The number of rotatable bonds is 9. The maximum absolute atomic E-state index is 15.7. The molecule has 3 aromatic carbocycles. The number of nitrogens with zero attached hydrogens (tertiary/aromatic N) is 3. The van der Waals surface area contributed by atoms with E-state index in [4.69, 9.17) is 4.98 Å². The van der Waals surface area contributed by atoms with Crippen LogP contribution in [-0.2, 0) is 23.0 Å². The first-order valence-corrected chi connectivity index (χ1v) is 16.0. The molecule has 5 rings (SSSR count). The molecule has 5 aromatic rings. The van der Waals surface area contributed by atoms with Crippen LogP contribution < -0.4 is 10.0 Å². The van der Waals surface area contributed by atoms with Crippen molar-refractivity contribution in [2.75, 3.05) is 5.32 Å². The maximum Gasteiger partial charge on any atom is 0.255 e. The molecule has 0 saturated carbocycles. The van der Waals surface area contributed by atoms with Gasteiger partial charge in [0.05, 0.1) is 23.3 Å². The molecule has 0 radical (unpaired) electrons. The van der Waals surface area contributed by atoms with Crippen molar-refractivity contribution in [3.63, 3.8) is 0 Å². The highest BCUT2D eigenvalue weighted by molar-refractivity contribution is 7.89. The first-order valence-electron chi connectivity index (χ1n) is 14.5. The summed E-state index contributed by atoms with van der Waals surface area (Å²) in [4.78, 5) is 22.4. The van der Waals surface area contributed by atoms with Crippen LogP contribution in [0.1, 0.15) is 61.4 Å². The van der Waals surface area contributed by atoms with Crippen LogP contribution in [0.3, 0.4) is 0 Å². The first kappa shape index (κ1) is 31.0. The highest BCUT2D eigenvalue weighted by Crippen LogP contribution is 2.31. The van der Waals surface area contributed by atoms with E-state index in [9.17, 15) is 13.2 Å². The van der Waals surface area contributed by atoms with E-state index in [1.165, 1.54) is 12.1 Å². The zero-order valence-corrected chi connectivity index (χ0v) is 26.3. The second-order valence-electron chi connectivity index (χ2n) is 11.8. The molecule has 0 saturated heterocycles. The summed E-state index contributed by atoms with van der Waals surface area (Å²) in [6, 6.07) is 20.3. The number of imidazole rings is 1. The van der Waals surface area contributed by atoms with E-state index in [1.54, 1.807) is 81.6 Å². The number of aryl methyl sites for hydroxylation is 2. The topological polar surface area (TPSA) is 106 Å². The highest BCUT2D eigenvalue weighted by Gasteiger charge is 2.25. The summed E-state index contributed by atoms with van der Waals surface area (Å²) in [5, 5.41) is 2.93. The van der Waals surface area contributed by atoms with Crippen molar-refractivity contribution in [1.29, 1.82) is 0 Å². The smallest absolute Gasteiger partial charge is 0.255 e. The van der Waals surface area contributed by atoms with E-state index in [2.05, 4.69) is 15.0 Å². The number of carbonyl (C=O) groups is 1. The molecule has 0 aliphatic rings. The summed E-state index contributed by atoms with van der Waals surface area (Å²) >= 11 is 0. The zero-order valence-electron chi connectivity index (χ0n) is 25.5. The Balaban J connectivity index is 1.48. The second-order valence-corrected chi connectivity index (χ2v) is 13.5. The van der Waals surface area contributed by atoms with E-state index in [0.29, 0.717) is 45.5 Å². The summed E-state index contributed by atoms with van der Waals surface area (Å²) < 4.78 is 46.6. The lowest BCUT2D eigenvalue weighted by atomic mass is 10.0. The third kappa shape index (κ3) is 6.56. The molecule has 8 nitrogen and oxygen atoms in total. The van der Waals surface area contributed by atoms with Crippen LogP contribution in [-0.4, -0.2) is 34.4 Å². The summed E-state index contributed by atoms with van der Waals surface area (Å²) in [7, 11) is -3.85. The highest BCUT2D eigenvalue weighted by atomic mass is 32.2. The van der Waals surface area contributed by atoms with Gasteiger partial charge in [0.25, 0.3) is 5.91 Å². The molecule has 2 aromatic heterocycles. The number of fused-ring (bicyclic) bond motifs is 1. The number of carbonyl (C=O) groups excluding carboxylic acids is 1. The van der Waals surface area contributed by atoms with Crippen molar-refractivity contribution in [2.45, 2.75) is 64.4 Å². The van der Waals surface area contributed by atoms with E-state index < -0.39 is 21.4 Å². The fourth-order valence-electron chi connectivity index (χ4n) is 5.12. The third-order valence-corrected chi connectivity index (χ3v) is 8.98. The lowest BCUT2D eigenvalue weighted by Gasteiger charge is -2.21. The lowest BCUT2D eigenvalue weighted by molar-refractivity contribution is 0.102. The molecule has 44 heavy (non-hydrogen) atoms. The number of hydrogen-bond acceptors (Lipinski definition) is 5. The fourth-order valence-corrected chi connectivity index (χ4v) is 6.77. The van der Waals surface area contributed by atoms with Crippen molar-refractivity contribution in [3.8, 4) is 11.1 Å². The Labute approximate surface area is 257 Å². The van der Waals surface area contributed by atoms with Crippen LogP contribution in [0, 0.1) is 12.7 Å². The molecular formula is C34H36FN5O3S. The Morgan fingerprint density at radius 3 is 2.39 bits per heavy atom. The number of pyridine rings is 1. The van der Waals surface area contributed by atoms with Crippen LogP contribution in [0.5, 0.6) is 0 Å². The van der Waals surface area contributed by atoms with Gasteiger partial charge in [-0.3, -0.25) is 4.79 Å². The van der Waals surface area contributed by atoms with Gasteiger partial charge >= 0.3 is 0 Å². The van der Waals surface area contributed by atoms with Crippen LogP contribution in [0.25, 0.3) is 22.3 Å². The van der Waals surface area contributed by atoms with E-state index in [1.807, 2.05) is 24.5 Å². The van der Waals surface area contributed by atoms with Crippen molar-refractivity contribution in [2.24, 2.45) is 0 Å². The zero-order chi connectivity index (χ0) is 31.6. The quantitative estimate of drug-likeness (QED) is 0.189. The predicted molar refractivity (Wildman–Crippen MR) is 172 cm³/mol. The summed E-state index contributed by atoms with van der Waals surface area (Å²) in [6.45, 7) is 9.42. The number of sulfonamides is 1. The van der Waals surface area contributed by atoms with Crippen molar-refractivity contribution < 1.29 is 17.6 Å². The standard InChI is InChI=1S/C34H36FN5O3S/c1-6-12-30-38-31-22(2)28(37-33(41)23-13-8-7-9-14-23)20-36-32(31)40(30)21-25-18-17-24(19-27(25)35)26-15-10-11-16-29(26)44(42,43)39-34(3,4)5/h7-11,13-20,39H,6,12,21H2,1-5H3,(H,37,41). The summed E-state index contributed by atoms with van der Waals surface area (Å²) in [5.41, 5.74) is 3.71. The number of amides is 1. The molecule has 0 fully saturated rings.